The van der Waals surface area contributed by atoms with Gasteiger partial charge in [-0.05, 0) is 42.3 Å². The molecule has 0 aliphatic rings. The van der Waals surface area contributed by atoms with Gasteiger partial charge in [0.05, 0.1) is 0 Å². The fraction of sp³-hybridized carbons (Fsp3) is 0.333. The lowest BCUT2D eigenvalue weighted by Crippen LogP contribution is -1.91. The van der Waals surface area contributed by atoms with Gasteiger partial charge in [0, 0.05) is 12.4 Å². The molecule has 11 heavy (non-hydrogen) atoms. The molecule has 1 aromatic heterocycles. The molecule has 1 nitrogen and oxygen atoms in total. The van der Waals surface area contributed by atoms with Crippen LogP contribution in [0.1, 0.15) is 18.9 Å². The minimum atomic E-state index is 0.999. The molecule has 2 heteroatoms. The maximum atomic E-state index is 4.98. The Hall–Kier alpha value is -0.760. The number of hydrogen-bond donors (Lipinski definition) is 0. The summed E-state index contributed by atoms with van der Waals surface area (Å²) < 4.78 is 0. The highest BCUT2D eigenvalue weighted by atomic mass is 32.1. The van der Waals surface area contributed by atoms with Crippen molar-refractivity contribution in [3.8, 4) is 0 Å². The Morgan fingerprint density at radius 3 is 2.64 bits per heavy atom. The van der Waals surface area contributed by atoms with Crippen LogP contribution in [0.25, 0.3) is 0 Å². The van der Waals surface area contributed by atoms with Crippen LogP contribution in [0, 0.1) is 0 Å². The molecule has 0 saturated heterocycles. The van der Waals surface area contributed by atoms with E-state index in [1.807, 2.05) is 31.5 Å². The Balaban J connectivity index is 2.45. The quantitative estimate of drug-likeness (QED) is 0.638. The molecule has 0 fully saturated rings. The first-order valence-electron chi connectivity index (χ1n) is 3.67. The summed E-state index contributed by atoms with van der Waals surface area (Å²) in [7, 11) is 0. The predicted molar refractivity (Wildman–Crippen MR) is 50.8 cm³/mol. The number of hydrogen-bond acceptors (Lipinski definition) is 2. The lowest BCUT2D eigenvalue weighted by atomic mass is 10.1. The molecule has 0 aliphatic carbocycles. The van der Waals surface area contributed by atoms with E-state index in [2.05, 4.69) is 4.98 Å². The molecular weight excluding hydrogens is 154 g/mol. The molecule has 1 aromatic rings. The number of thiocarbonyl (C=S) groups is 1. The van der Waals surface area contributed by atoms with Crippen molar-refractivity contribution in [2.24, 2.45) is 0 Å². The molecule has 0 bridgehead atoms. The summed E-state index contributed by atoms with van der Waals surface area (Å²) in [4.78, 5) is 5.01. The Morgan fingerprint density at radius 2 is 2.09 bits per heavy atom. The third kappa shape index (κ3) is 3.23. The normalized spacial score (nSPS) is 9.55. The number of aryl methyl sites for hydroxylation is 1. The van der Waals surface area contributed by atoms with Gasteiger partial charge in [-0.1, -0.05) is 12.2 Å². The summed E-state index contributed by atoms with van der Waals surface area (Å²) >= 11 is 4.98. The van der Waals surface area contributed by atoms with Gasteiger partial charge in [0.2, 0.25) is 0 Å². The number of rotatable bonds is 3. The van der Waals surface area contributed by atoms with Crippen LogP contribution in [0.3, 0.4) is 0 Å². The van der Waals surface area contributed by atoms with E-state index in [1.165, 1.54) is 5.56 Å². The average Bonchev–Trinajstić information content (AvgIpc) is 2.03. The fourth-order valence-electron chi connectivity index (χ4n) is 0.870. The summed E-state index contributed by atoms with van der Waals surface area (Å²) in [6.45, 7) is 1.98. The highest BCUT2D eigenvalue weighted by Crippen LogP contribution is 2.01. The molecule has 0 radical (unpaired) electrons. The van der Waals surface area contributed by atoms with Crippen LogP contribution in [0.5, 0.6) is 0 Å². The SMILES string of the molecule is CC(=S)CCc1ccncc1. The van der Waals surface area contributed by atoms with E-state index >= 15 is 0 Å². The van der Waals surface area contributed by atoms with Crippen LogP contribution in [-0.2, 0) is 6.42 Å². The van der Waals surface area contributed by atoms with E-state index in [1.54, 1.807) is 0 Å². The van der Waals surface area contributed by atoms with Gasteiger partial charge in [-0.2, -0.15) is 0 Å². The van der Waals surface area contributed by atoms with Crippen molar-refractivity contribution < 1.29 is 0 Å². The smallest absolute Gasteiger partial charge is 0.0270 e. The molecule has 0 aliphatic heterocycles. The second-order valence-electron chi connectivity index (χ2n) is 2.56. The molecule has 0 saturated carbocycles. The molecule has 0 spiro atoms. The lowest BCUT2D eigenvalue weighted by Gasteiger charge is -1.97. The van der Waals surface area contributed by atoms with Crippen LogP contribution in [-0.4, -0.2) is 9.85 Å². The summed E-state index contributed by atoms with van der Waals surface area (Å²) in [6, 6.07) is 4.05. The van der Waals surface area contributed by atoms with Crippen molar-refractivity contribution in [1.82, 2.24) is 4.98 Å². The Morgan fingerprint density at radius 1 is 1.45 bits per heavy atom. The van der Waals surface area contributed by atoms with E-state index in [9.17, 15) is 0 Å². The molecule has 1 rings (SSSR count). The van der Waals surface area contributed by atoms with E-state index < -0.39 is 0 Å². The van der Waals surface area contributed by atoms with E-state index in [0.29, 0.717) is 0 Å². The Bertz CT molecular complexity index is 231. The van der Waals surface area contributed by atoms with Crippen molar-refractivity contribution in [1.29, 1.82) is 0 Å². The summed E-state index contributed by atoms with van der Waals surface area (Å²) in [6.07, 6.45) is 5.67. The maximum Gasteiger partial charge on any atom is 0.0270 e. The lowest BCUT2D eigenvalue weighted by molar-refractivity contribution is 1.04. The van der Waals surface area contributed by atoms with Gasteiger partial charge in [0.1, 0.15) is 0 Å². The zero-order chi connectivity index (χ0) is 8.10. The maximum absolute atomic E-state index is 4.98. The zero-order valence-corrected chi connectivity index (χ0v) is 7.40. The zero-order valence-electron chi connectivity index (χ0n) is 6.58. The van der Waals surface area contributed by atoms with Crippen LogP contribution >= 0.6 is 12.2 Å². The molecule has 0 atom stereocenters. The van der Waals surface area contributed by atoms with Gasteiger partial charge in [0.15, 0.2) is 0 Å². The predicted octanol–water partition coefficient (Wildman–Crippen LogP) is 2.40. The second kappa shape index (κ2) is 4.19. The first-order chi connectivity index (χ1) is 5.29. The number of nitrogens with zero attached hydrogens (tertiary/aromatic N) is 1. The van der Waals surface area contributed by atoms with Crippen molar-refractivity contribution in [2.75, 3.05) is 0 Å². The first kappa shape index (κ1) is 8.34. The minimum Gasteiger partial charge on any atom is -0.265 e. The highest BCUT2D eigenvalue weighted by Gasteiger charge is 1.91. The van der Waals surface area contributed by atoms with Gasteiger partial charge in [-0.15, -0.1) is 0 Å². The summed E-state index contributed by atoms with van der Waals surface area (Å²) in [5, 5.41) is 0. The monoisotopic (exact) mass is 165 g/mol. The van der Waals surface area contributed by atoms with Gasteiger partial charge >= 0.3 is 0 Å². The standard InChI is InChI=1S/C9H11NS/c1-8(11)2-3-9-4-6-10-7-5-9/h4-7H,2-3H2,1H3. The van der Waals surface area contributed by atoms with E-state index in [4.69, 9.17) is 12.2 Å². The van der Waals surface area contributed by atoms with Crippen LogP contribution in [0.4, 0.5) is 0 Å². The molecule has 1 heterocycles. The molecule has 0 unspecified atom stereocenters. The molecular formula is C9H11NS. The Kier molecular flexibility index (Phi) is 3.17. The van der Waals surface area contributed by atoms with Crippen LogP contribution < -0.4 is 0 Å². The first-order valence-corrected chi connectivity index (χ1v) is 4.08. The summed E-state index contributed by atoms with van der Waals surface area (Å²) in [5.74, 6) is 0. The third-order valence-electron chi connectivity index (χ3n) is 1.52. The number of pyridine rings is 1. The molecule has 0 amide bonds. The largest absolute Gasteiger partial charge is 0.265 e. The fourth-order valence-corrected chi connectivity index (χ4v) is 0.972. The van der Waals surface area contributed by atoms with Gasteiger partial charge < -0.3 is 0 Å². The Labute approximate surface area is 72.5 Å². The van der Waals surface area contributed by atoms with Crippen molar-refractivity contribution in [2.45, 2.75) is 19.8 Å². The summed E-state index contributed by atoms with van der Waals surface area (Å²) in [5.41, 5.74) is 1.31. The minimum absolute atomic E-state index is 0.999. The van der Waals surface area contributed by atoms with Gasteiger partial charge in [-0.25, -0.2) is 0 Å². The second-order valence-corrected chi connectivity index (χ2v) is 3.25. The van der Waals surface area contributed by atoms with Crippen molar-refractivity contribution in [3.05, 3.63) is 30.1 Å². The highest BCUT2D eigenvalue weighted by molar-refractivity contribution is 7.80. The topological polar surface area (TPSA) is 12.9 Å². The average molecular weight is 165 g/mol. The van der Waals surface area contributed by atoms with E-state index in [0.717, 1.165) is 17.7 Å². The van der Waals surface area contributed by atoms with Crippen molar-refractivity contribution >= 4 is 17.1 Å². The molecule has 58 valence electrons. The van der Waals surface area contributed by atoms with Gasteiger partial charge in [-0.3, -0.25) is 4.98 Å². The molecule has 0 N–H and O–H groups in total. The van der Waals surface area contributed by atoms with Crippen molar-refractivity contribution in [3.63, 3.8) is 0 Å². The van der Waals surface area contributed by atoms with Gasteiger partial charge in [0.25, 0.3) is 0 Å². The van der Waals surface area contributed by atoms with E-state index in [-0.39, 0.29) is 0 Å². The molecule has 0 aromatic carbocycles. The third-order valence-corrected chi connectivity index (χ3v) is 1.72. The number of aromatic nitrogens is 1. The van der Waals surface area contributed by atoms with Crippen LogP contribution in [0.2, 0.25) is 0 Å². The van der Waals surface area contributed by atoms with Crippen LogP contribution in [0.15, 0.2) is 24.5 Å².